The lowest BCUT2D eigenvalue weighted by molar-refractivity contribution is -0.112. The lowest BCUT2D eigenvalue weighted by atomic mass is 10.0. The number of hydrogen-bond acceptors (Lipinski definition) is 4. The first-order valence-corrected chi connectivity index (χ1v) is 12.6. The van der Waals surface area contributed by atoms with Crippen LogP contribution >= 0.6 is 11.6 Å². The van der Waals surface area contributed by atoms with Crippen LogP contribution in [0.1, 0.15) is 23.6 Å². The maximum atomic E-state index is 12.8. The van der Waals surface area contributed by atoms with Crippen molar-refractivity contribution in [3.05, 3.63) is 119 Å². The second kappa shape index (κ2) is 12.6. The largest absolute Gasteiger partial charge is 0.490 e. The van der Waals surface area contributed by atoms with Crippen LogP contribution in [0.3, 0.4) is 0 Å². The van der Waals surface area contributed by atoms with Gasteiger partial charge in [-0.2, -0.15) is 5.26 Å². The molecule has 0 unspecified atom stereocenters. The summed E-state index contributed by atoms with van der Waals surface area (Å²) in [5, 5.41) is 15.3. The Labute approximate surface area is 227 Å². The Kier molecular flexibility index (Phi) is 8.81. The predicted molar refractivity (Wildman–Crippen MR) is 153 cm³/mol. The molecule has 0 saturated carbocycles. The Morgan fingerprint density at radius 2 is 1.79 bits per heavy atom. The molecule has 0 radical (unpaired) electrons. The number of benzene rings is 4. The minimum absolute atomic E-state index is 0.0450. The number of nitrogens with one attached hydrogen (secondary N) is 1. The fraction of sp³-hybridized carbons (Fsp3) is 0.125. The summed E-state index contributed by atoms with van der Waals surface area (Å²) in [5.41, 5.74) is 3.04. The number of fused-ring (bicyclic) bond motifs is 1. The van der Waals surface area contributed by atoms with Gasteiger partial charge >= 0.3 is 0 Å². The van der Waals surface area contributed by atoms with Gasteiger partial charge in [-0.05, 0) is 77.7 Å². The van der Waals surface area contributed by atoms with Crippen LogP contribution in [-0.2, 0) is 17.8 Å². The van der Waals surface area contributed by atoms with Gasteiger partial charge in [-0.15, -0.1) is 6.58 Å². The number of hydrogen-bond donors (Lipinski definition) is 1. The molecule has 5 nitrogen and oxygen atoms in total. The topological polar surface area (TPSA) is 71.4 Å². The van der Waals surface area contributed by atoms with Crippen molar-refractivity contribution in [2.45, 2.75) is 20.0 Å². The van der Waals surface area contributed by atoms with E-state index in [2.05, 4.69) is 30.1 Å². The molecule has 0 aromatic heterocycles. The van der Waals surface area contributed by atoms with Crippen LogP contribution < -0.4 is 14.8 Å². The highest BCUT2D eigenvalue weighted by atomic mass is 35.5. The Bertz CT molecular complexity index is 1530. The van der Waals surface area contributed by atoms with E-state index < -0.39 is 5.91 Å². The molecular formula is C32H27ClN2O3. The number of allylic oxidation sites excluding steroid dienone is 1. The zero-order valence-electron chi connectivity index (χ0n) is 21.0. The summed E-state index contributed by atoms with van der Waals surface area (Å²) in [5.74, 6) is 0.629. The maximum Gasteiger partial charge on any atom is 0.266 e. The molecule has 0 heterocycles. The van der Waals surface area contributed by atoms with Crippen molar-refractivity contribution in [1.82, 2.24) is 0 Å². The van der Waals surface area contributed by atoms with Gasteiger partial charge in [0.15, 0.2) is 11.5 Å². The molecule has 38 heavy (non-hydrogen) atoms. The molecule has 0 spiro atoms. The fourth-order valence-corrected chi connectivity index (χ4v) is 4.24. The van der Waals surface area contributed by atoms with Gasteiger partial charge in [0, 0.05) is 16.3 Å². The van der Waals surface area contributed by atoms with E-state index in [1.165, 1.54) is 6.08 Å². The predicted octanol–water partition coefficient (Wildman–Crippen LogP) is 7.75. The Morgan fingerprint density at radius 1 is 1.03 bits per heavy atom. The van der Waals surface area contributed by atoms with Gasteiger partial charge in [-0.3, -0.25) is 4.79 Å². The zero-order chi connectivity index (χ0) is 26.9. The molecule has 0 fully saturated rings. The Balaban J connectivity index is 1.65. The number of nitriles is 1. The number of anilines is 1. The summed E-state index contributed by atoms with van der Waals surface area (Å²) in [4.78, 5) is 12.8. The number of carbonyl (C=O) groups is 1. The fourth-order valence-electron chi connectivity index (χ4n) is 4.12. The quantitative estimate of drug-likeness (QED) is 0.131. The van der Waals surface area contributed by atoms with Crippen LogP contribution in [0.25, 0.3) is 16.8 Å². The number of amides is 1. The van der Waals surface area contributed by atoms with Crippen molar-refractivity contribution < 1.29 is 14.3 Å². The molecule has 4 rings (SSSR count). The molecule has 0 saturated heterocycles. The van der Waals surface area contributed by atoms with Crippen LogP contribution in [0, 0.1) is 11.3 Å². The van der Waals surface area contributed by atoms with E-state index in [1.807, 2.05) is 43.3 Å². The standard InChI is InChI=1S/C32H27ClN2O3/c1-3-8-24-17-22(18-26(20-34)32(36)35-28-15-13-27(33)14-16-28)19-30(37-4-2)31(24)38-21-25-11-7-10-23-9-5-6-12-29(23)25/h3,5-7,9-19H,1,4,8,21H2,2H3,(H,35,36)/b26-18+. The van der Waals surface area contributed by atoms with Gasteiger partial charge in [0.25, 0.3) is 5.91 Å². The van der Waals surface area contributed by atoms with Gasteiger partial charge in [-0.1, -0.05) is 60.1 Å². The first-order chi connectivity index (χ1) is 18.5. The molecule has 0 aliphatic heterocycles. The number of rotatable bonds is 10. The monoisotopic (exact) mass is 522 g/mol. The van der Waals surface area contributed by atoms with E-state index in [4.69, 9.17) is 21.1 Å². The van der Waals surface area contributed by atoms with Gasteiger partial charge in [-0.25, -0.2) is 0 Å². The summed E-state index contributed by atoms with van der Waals surface area (Å²) < 4.78 is 12.3. The van der Waals surface area contributed by atoms with Crippen molar-refractivity contribution in [3.63, 3.8) is 0 Å². The van der Waals surface area contributed by atoms with Crippen LogP contribution in [0.15, 0.2) is 97.1 Å². The lowest BCUT2D eigenvalue weighted by Gasteiger charge is -2.17. The maximum absolute atomic E-state index is 12.8. The summed E-state index contributed by atoms with van der Waals surface area (Å²) in [7, 11) is 0. The molecule has 0 aliphatic carbocycles. The summed E-state index contributed by atoms with van der Waals surface area (Å²) in [6, 6.07) is 26.7. The highest BCUT2D eigenvalue weighted by Crippen LogP contribution is 2.36. The van der Waals surface area contributed by atoms with Gasteiger partial charge in [0.1, 0.15) is 18.2 Å². The summed E-state index contributed by atoms with van der Waals surface area (Å²) in [6.07, 6.45) is 3.84. The van der Waals surface area contributed by atoms with Crippen LogP contribution in [-0.4, -0.2) is 12.5 Å². The van der Waals surface area contributed by atoms with E-state index >= 15 is 0 Å². The smallest absolute Gasteiger partial charge is 0.266 e. The zero-order valence-corrected chi connectivity index (χ0v) is 21.8. The highest BCUT2D eigenvalue weighted by molar-refractivity contribution is 6.30. The first-order valence-electron chi connectivity index (χ1n) is 12.2. The van der Waals surface area contributed by atoms with Gasteiger partial charge < -0.3 is 14.8 Å². The Hall–Kier alpha value is -4.53. The molecule has 1 amide bonds. The number of carbonyl (C=O) groups excluding carboxylic acids is 1. The third-order valence-corrected chi connectivity index (χ3v) is 6.10. The molecule has 1 N–H and O–H groups in total. The lowest BCUT2D eigenvalue weighted by Crippen LogP contribution is -2.13. The number of halogens is 1. The second-order valence-electron chi connectivity index (χ2n) is 8.49. The van der Waals surface area contributed by atoms with Crippen molar-refractivity contribution in [3.8, 4) is 17.6 Å². The van der Waals surface area contributed by atoms with Gasteiger partial charge in [0.05, 0.1) is 6.61 Å². The van der Waals surface area contributed by atoms with E-state index in [0.29, 0.717) is 47.4 Å². The molecule has 0 aliphatic rings. The molecular weight excluding hydrogens is 496 g/mol. The van der Waals surface area contributed by atoms with Gasteiger partial charge in [0.2, 0.25) is 0 Å². The summed E-state index contributed by atoms with van der Waals surface area (Å²) >= 11 is 5.92. The van der Waals surface area contributed by atoms with E-state index in [9.17, 15) is 10.1 Å². The SMILES string of the molecule is C=CCc1cc(/C=C(\C#N)C(=O)Nc2ccc(Cl)cc2)cc(OCC)c1OCc1cccc2ccccc12. The Morgan fingerprint density at radius 3 is 2.53 bits per heavy atom. The highest BCUT2D eigenvalue weighted by Gasteiger charge is 2.16. The van der Waals surface area contributed by atoms with E-state index in [1.54, 1.807) is 36.4 Å². The third-order valence-electron chi connectivity index (χ3n) is 5.85. The third kappa shape index (κ3) is 6.42. The average molecular weight is 523 g/mol. The minimum Gasteiger partial charge on any atom is -0.490 e. The van der Waals surface area contributed by atoms with Crippen LogP contribution in [0.4, 0.5) is 5.69 Å². The molecule has 6 heteroatoms. The number of nitrogens with zero attached hydrogens (tertiary/aromatic N) is 1. The molecule has 4 aromatic rings. The van der Waals surface area contributed by atoms with Crippen LogP contribution in [0.2, 0.25) is 5.02 Å². The second-order valence-corrected chi connectivity index (χ2v) is 8.93. The molecule has 0 atom stereocenters. The van der Waals surface area contributed by atoms with Crippen molar-refractivity contribution in [1.29, 1.82) is 5.26 Å². The normalized spacial score (nSPS) is 11.0. The minimum atomic E-state index is -0.519. The average Bonchev–Trinajstić information content (AvgIpc) is 2.93. The van der Waals surface area contributed by atoms with Crippen molar-refractivity contribution >= 4 is 40.0 Å². The summed E-state index contributed by atoms with van der Waals surface area (Å²) in [6.45, 7) is 6.55. The van der Waals surface area contributed by atoms with E-state index in [0.717, 1.165) is 21.9 Å². The first kappa shape index (κ1) is 26.5. The molecule has 4 aromatic carbocycles. The molecule has 190 valence electrons. The number of ether oxygens (including phenoxy) is 2. The van der Waals surface area contributed by atoms with Crippen LogP contribution in [0.5, 0.6) is 11.5 Å². The molecule has 0 bridgehead atoms. The van der Waals surface area contributed by atoms with Crippen molar-refractivity contribution in [2.24, 2.45) is 0 Å². The van der Waals surface area contributed by atoms with Crippen molar-refractivity contribution in [2.75, 3.05) is 11.9 Å². The van der Waals surface area contributed by atoms with E-state index in [-0.39, 0.29) is 5.57 Å².